The van der Waals surface area contributed by atoms with Crippen LogP contribution < -0.4 is 16.0 Å². The molecule has 0 radical (unpaired) electrons. The fourth-order valence-electron chi connectivity index (χ4n) is 3.69. The van der Waals surface area contributed by atoms with Crippen molar-refractivity contribution in [1.29, 1.82) is 0 Å². The highest BCUT2D eigenvalue weighted by atomic mass is 16.1. The lowest BCUT2D eigenvalue weighted by molar-refractivity contribution is -0.111. The van der Waals surface area contributed by atoms with Crippen molar-refractivity contribution in [2.45, 2.75) is 19.3 Å². The molecule has 2 amide bonds. The molecule has 2 aromatic carbocycles. The Hall–Kier alpha value is -3.87. The maximum atomic E-state index is 12.6. The summed E-state index contributed by atoms with van der Waals surface area (Å²) in [5.74, 6) is -0.808. The van der Waals surface area contributed by atoms with E-state index in [4.69, 9.17) is 5.73 Å². The van der Waals surface area contributed by atoms with E-state index in [2.05, 4.69) is 15.3 Å². The standard InChI is InChI=1S/C24H25N5O2/c25-24(31)19-10-11-22(28-13-5-2-6-14-28)21(15-19)27-23(30)12-9-18-16-26-29(17-18)20-7-3-1-4-8-20/h1,3-4,7-12,15-17H,2,5-6,13-14H2,(H2,25,31)(H,27,30)/b12-9+. The summed E-state index contributed by atoms with van der Waals surface area (Å²) < 4.78 is 1.75. The maximum absolute atomic E-state index is 12.6. The summed E-state index contributed by atoms with van der Waals surface area (Å²) in [6.45, 7) is 1.85. The van der Waals surface area contributed by atoms with Crippen LogP contribution in [0.3, 0.4) is 0 Å². The number of carbonyl (C=O) groups excluding carboxylic acids is 2. The second kappa shape index (κ2) is 9.30. The Bertz CT molecular complexity index is 1100. The summed E-state index contributed by atoms with van der Waals surface area (Å²) in [7, 11) is 0. The van der Waals surface area contributed by atoms with Gasteiger partial charge in [0.05, 0.1) is 23.3 Å². The van der Waals surface area contributed by atoms with Gasteiger partial charge in [0, 0.05) is 36.5 Å². The van der Waals surface area contributed by atoms with Crippen molar-refractivity contribution in [3.05, 3.63) is 78.1 Å². The normalized spacial score (nSPS) is 14.0. The van der Waals surface area contributed by atoms with E-state index in [1.165, 1.54) is 12.5 Å². The number of anilines is 2. The molecule has 1 aliphatic rings. The Kier molecular flexibility index (Phi) is 6.12. The van der Waals surface area contributed by atoms with Crippen LogP contribution in [0, 0.1) is 0 Å². The molecule has 0 aliphatic carbocycles. The van der Waals surface area contributed by atoms with E-state index in [0.717, 1.165) is 42.9 Å². The van der Waals surface area contributed by atoms with Crippen LogP contribution in [0.2, 0.25) is 0 Å². The Balaban J connectivity index is 1.50. The van der Waals surface area contributed by atoms with Gasteiger partial charge in [-0.3, -0.25) is 9.59 Å². The Morgan fingerprint density at radius 1 is 1.03 bits per heavy atom. The SMILES string of the molecule is NC(=O)c1ccc(N2CCCCC2)c(NC(=O)/C=C/c2cnn(-c3ccccc3)c2)c1. The first kappa shape index (κ1) is 20.4. The molecular formula is C24H25N5O2. The lowest BCUT2D eigenvalue weighted by Crippen LogP contribution is -2.30. The number of amides is 2. The molecule has 0 bridgehead atoms. The number of nitrogens with one attached hydrogen (secondary N) is 1. The third kappa shape index (κ3) is 5.01. The first-order chi connectivity index (χ1) is 15.1. The number of nitrogens with two attached hydrogens (primary N) is 1. The second-order valence-corrected chi connectivity index (χ2v) is 7.52. The average Bonchev–Trinajstić information content (AvgIpc) is 3.28. The summed E-state index contributed by atoms with van der Waals surface area (Å²) in [6, 6.07) is 15.0. The van der Waals surface area contributed by atoms with E-state index >= 15 is 0 Å². The van der Waals surface area contributed by atoms with Crippen molar-refractivity contribution in [2.75, 3.05) is 23.3 Å². The van der Waals surface area contributed by atoms with Crippen molar-refractivity contribution < 1.29 is 9.59 Å². The third-order valence-electron chi connectivity index (χ3n) is 5.29. The van der Waals surface area contributed by atoms with Gasteiger partial charge in [-0.05, 0) is 55.7 Å². The topological polar surface area (TPSA) is 93.2 Å². The highest BCUT2D eigenvalue weighted by Gasteiger charge is 2.17. The van der Waals surface area contributed by atoms with Crippen molar-refractivity contribution in [2.24, 2.45) is 5.73 Å². The van der Waals surface area contributed by atoms with Gasteiger partial charge in [0.15, 0.2) is 0 Å². The minimum atomic E-state index is -0.524. The first-order valence-electron chi connectivity index (χ1n) is 10.4. The summed E-state index contributed by atoms with van der Waals surface area (Å²) >= 11 is 0. The smallest absolute Gasteiger partial charge is 0.248 e. The van der Waals surface area contributed by atoms with E-state index in [1.807, 2.05) is 42.6 Å². The van der Waals surface area contributed by atoms with E-state index in [0.29, 0.717) is 11.3 Å². The van der Waals surface area contributed by atoms with Crippen LogP contribution in [0.4, 0.5) is 11.4 Å². The van der Waals surface area contributed by atoms with Crippen LogP contribution in [-0.2, 0) is 4.79 Å². The quantitative estimate of drug-likeness (QED) is 0.602. The average molecular weight is 415 g/mol. The molecular weight excluding hydrogens is 390 g/mol. The van der Waals surface area contributed by atoms with Crippen LogP contribution in [-0.4, -0.2) is 34.7 Å². The zero-order chi connectivity index (χ0) is 21.6. The van der Waals surface area contributed by atoms with Crippen LogP contribution in [0.5, 0.6) is 0 Å². The summed E-state index contributed by atoms with van der Waals surface area (Å²) in [5.41, 5.74) is 9.05. The number of nitrogens with zero attached hydrogens (tertiary/aromatic N) is 3. The number of rotatable bonds is 6. The largest absolute Gasteiger partial charge is 0.370 e. The number of primary amides is 1. The monoisotopic (exact) mass is 415 g/mol. The number of para-hydroxylation sites is 1. The number of hydrogen-bond acceptors (Lipinski definition) is 4. The molecule has 1 saturated heterocycles. The predicted molar refractivity (Wildman–Crippen MR) is 122 cm³/mol. The molecule has 3 aromatic rings. The highest BCUT2D eigenvalue weighted by molar-refractivity contribution is 6.05. The predicted octanol–water partition coefficient (Wildman–Crippen LogP) is 3.61. The van der Waals surface area contributed by atoms with E-state index in [-0.39, 0.29) is 5.91 Å². The van der Waals surface area contributed by atoms with Gasteiger partial charge < -0.3 is 16.0 Å². The summed E-state index contributed by atoms with van der Waals surface area (Å²) in [6.07, 6.45) is 10.1. The first-order valence-corrected chi connectivity index (χ1v) is 10.4. The van der Waals surface area contributed by atoms with Crippen molar-refractivity contribution in [3.8, 4) is 5.69 Å². The molecule has 0 saturated carbocycles. The Morgan fingerprint density at radius 2 is 1.81 bits per heavy atom. The lowest BCUT2D eigenvalue weighted by Gasteiger charge is -2.30. The summed E-state index contributed by atoms with van der Waals surface area (Å²) in [5, 5.41) is 7.24. The molecule has 7 nitrogen and oxygen atoms in total. The number of carbonyl (C=O) groups is 2. The van der Waals surface area contributed by atoms with Crippen molar-refractivity contribution in [1.82, 2.24) is 9.78 Å². The maximum Gasteiger partial charge on any atom is 0.248 e. The molecule has 3 N–H and O–H groups in total. The highest BCUT2D eigenvalue weighted by Crippen LogP contribution is 2.29. The van der Waals surface area contributed by atoms with E-state index in [9.17, 15) is 9.59 Å². The van der Waals surface area contributed by atoms with Gasteiger partial charge in [-0.1, -0.05) is 18.2 Å². The van der Waals surface area contributed by atoms with Gasteiger partial charge in [-0.25, -0.2) is 4.68 Å². The summed E-state index contributed by atoms with van der Waals surface area (Å²) in [4.78, 5) is 26.5. The molecule has 0 unspecified atom stereocenters. The number of benzene rings is 2. The van der Waals surface area contributed by atoms with Gasteiger partial charge in [0.25, 0.3) is 0 Å². The minimum Gasteiger partial charge on any atom is -0.370 e. The lowest BCUT2D eigenvalue weighted by atomic mass is 10.1. The number of aromatic nitrogens is 2. The Labute approximate surface area is 181 Å². The Morgan fingerprint density at radius 3 is 2.55 bits per heavy atom. The molecule has 1 aliphatic heterocycles. The van der Waals surface area contributed by atoms with Gasteiger partial charge in [0.2, 0.25) is 11.8 Å². The van der Waals surface area contributed by atoms with Crippen molar-refractivity contribution in [3.63, 3.8) is 0 Å². The van der Waals surface area contributed by atoms with Crippen LogP contribution in [0.15, 0.2) is 67.0 Å². The third-order valence-corrected chi connectivity index (χ3v) is 5.29. The fourth-order valence-corrected chi connectivity index (χ4v) is 3.69. The molecule has 158 valence electrons. The second-order valence-electron chi connectivity index (χ2n) is 7.52. The minimum absolute atomic E-state index is 0.285. The molecule has 1 fully saturated rings. The van der Waals surface area contributed by atoms with E-state index in [1.54, 1.807) is 29.1 Å². The van der Waals surface area contributed by atoms with Crippen LogP contribution in [0.1, 0.15) is 35.2 Å². The van der Waals surface area contributed by atoms with Crippen LogP contribution >= 0.6 is 0 Å². The molecule has 1 aromatic heterocycles. The zero-order valence-electron chi connectivity index (χ0n) is 17.2. The molecule has 31 heavy (non-hydrogen) atoms. The fraction of sp³-hybridized carbons (Fsp3) is 0.208. The van der Waals surface area contributed by atoms with Gasteiger partial charge in [0.1, 0.15) is 0 Å². The van der Waals surface area contributed by atoms with Gasteiger partial charge in [-0.2, -0.15) is 5.10 Å². The molecule has 7 heteroatoms. The van der Waals surface area contributed by atoms with Crippen LogP contribution in [0.25, 0.3) is 11.8 Å². The van der Waals surface area contributed by atoms with Gasteiger partial charge in [-0.15, -0.1) is 0 Å². The molecule has 4 rings (SSSR count). The molecule has 2 heterocycles. The van der Waals surface area contributed by atoms with E-state index < -0.39 is 5.91 Å². The molecule has 0 spiro atoms. The number of piperidine rings is 1. The molecule has 0 atom stereocenters. The van der Waals surface area contributed by atoms with Crippen molar-refractivity contribution >= 4 is 29.3 Å². The van der Waals surface area contributed by atoms with Gasteiger partial charge >= 0.3 is 0 Å². The zero-order valence-corrected chi connectivity index (χ0v) is 17.2. The number of hydrogen-bond donors (Lipinski definition) is 2.